The van der Waals surface area contributed by atoms with Crippen LogP contribution in [0.25, 0.3) is 22.2 Å². The van der Waals surface area contributed by atoms with Crippen LogP contribution in [-0.2, 0) is 6.54 Å². The second kappa shape index (κ2) is 6.60. The van der Waals surface area contributed by atoms with Crippen molar-refractivity contribution in [3.8, 4) is 11.4 Å². The fraction of sp³-hybridized carbons (Fsp3) is 0.167. The summed E-state index contributed by atoms with van der Waals surface area (Å²) in [4.78, 5) is 11.2. The van der Waals surface area contributed by atoms with Crippen molar-refractivity contribution < 1.29 is 0 Å². The number of hydrogen-bond acceptors (Lipinski definition) is 3. The lowest BCUT2D eigenvalue weighted by Crippen LogP contribution is -2.31. The fourth-order valence-corrected chi connectivity index (χ4v) is 4.14. The van der Waals surface area contributed by atoms with Gasteiger partial charge in [-0.1, -0.05) is 54.6 Å². The standard InChI is InChI=1S/C24H21N3/c1-27-15-21-14-20(24-25-11-4-12-26-24)9-10-22(21)23(16-27)19-8-7-17-5-2-3-6-18(17)13-19/h2-14,23H,15-16H2,1H3. The molecule has 1 atom stereocenters. The minimum Gasteiger partial charge on any atom is -0.301 e. The van der Waals surface area contributed by atoms with E-state index in [1.807, 2.05) is 6.07 Å². The molecule has 0 N–H and O–H groups in total. The Bertz CT molecular complexity index is 1100. The third-order valence-electron chi connectivity index (χ3n) is 5.45. The Hall–Kier alpha value is -3.04. The molecule has 0 radical (unpaired) electrons. The van der Waals surface area contributed by atoms with Crippen LogP contribution in [0.3, 0.4) is 0 Å². The number of likely N-dealkylation sites (N-methyl/N-ethyl adjacent to an activating group) is 1. The van der Waals surface area contributed by atoms with Crippen molar-refractivity contribution in [2.75, 3.05) is 13.6 Å². The lowest BCUT2D eigenvalue weighted by atomic mass is 9.83. The number of fused-ring (bicyclic) bond motifs is 2. The molecule has 0 fully saturated rings. The zero-order chi connectivity index (χ0) is 18.2. The molecular weight excluding hydrogens is 330 g/mol. The monoisotopic (exact) mass is 351 g/mol. The van der Waals surface area contributed by atoms with E-state index in [-0.39, 0.29) is 0 Å². The van der Waals surface area contributed by atoms with E-state index in [1.165, 1.54) is 27.5 Å². The third-order valence-corrected chi connectivity index (χ3v) is 5.45. The minimum absolute atomic E-state index is 0.383. The summed E-state index contributed by atoms with van der Waals surface area (Å²) in [5.41, 5.74) is 5.25. The number of hydrogen-bond donors (Lipinski definition) is 0. The van der Waals surface area contributed by atoms with E-state index >= 15 is 0 Å². The third kappa shape index (κ3) is 3.00. The largest absolute Gasteiger partial charge is 0.301 e. The first-order valence-electron chi connectivity index (χ1n) is 9.35. The number of nitrogens with zero attached hydrogens (tertiary/aromatic N) is 3. The van der Waals surface area contributed by atoms with Gasteiger partial charge >= 0.3 is 0 Å². The van der Waals surface area contributed by atoms with Crippen molar-refractivity contribution >= 4 is 10.8 Å². The second-order valence-electron chi connectivity index (χ2n) is 7.34. The molecule has 1 aliphatic rings. The lowest BCUT2D eigenvalue weighted by Gasteiger charge is -2.33. The second-order valence-corrected chi connectivity index (χ2v) is 7.34. The molecule has 132 valence electrons. The Morgan fingerprint density at radius 3 is 2.52 bits per heavy atom. The molecule has 5 rings (SSSR count). The van der Waals surface area contributed by atoms with Crippen LogP contribution in [-0.4, -0.2) is 28.5 Å². The van der Waals surface area contributed by atoms with Crippen LogP contribution in [0.2, 0.25) is 0 Å². The topological polar surface area (TPSA) is 29.0 Å². The normalized spacial score (nSPS) is 17.0. The number of benzene rings is 3. The molecule has 1 unspecified atom stereocenters. The molecule has 1 aromatic heterocycles. The lowest BCUT2D eigenvalue weighted by molar-refractivity contribution is 0.295. The summed E-state index contributed by atoms with van der Waals surface area (Å²) in [7, 11) is 2.20. The van der Waals surface area contributed by atoms with Crippen LogP contribution >= 0.6 is 0 Å². The summed E-state index contributed by atoms with van der Waals surface area (Å²) in [5.74, 6) is 1.17. The maximum atomic E-state index is 4.40. The number of rotatable bonds is 2. The molecule has 3 aromatic carbocycles. The molecule has 0 spiro atoms. The first kappa shape index (κ1) is 16.2. The quantitative estimate of drug-likeness (QED) is 0.516. The summed E-state index contributed by atoms with van der Waals surface area (Å²) < 4.78 is 0. The van der Waals surface area contributed by atoms with E-state index in [4.69, 9.17) is 0 Å². The van der Waals surface area contributed by atoms with Crippen molar-refractivity contribution in [2.24, 2.45) is 0 Å². The maximum Gasteiger partial charge on any atom is 0.159 e. The van der Waals surface area contributed by atoms with Crippen LogP contribution < -0.4 is 0 Å². The van der Waals surface area contributed by atoms with Gasteiger partial charge in [0.15, 0.2) is 5.82 Å². The molecule has 0 bridgehead atoms. The van der Waals surface area contributed by atoms with Crippen LogP contribution in [0.4, 0.5) is 0 Å². The molecule has 2 heterocycles. The van der Waals surface area contributed by atoms with E-state index in [9.17, 15) is 0 Å². The Morgan fingerprint density at radius 1 is 0.852 bits per heavy atom. The van der Waals surface area contributed by atoms with Crippen molar-refractivity contribution in [2.45, 2.75) is 12.5 Å². The van der Waals surface area contributed by atoms with Crippen molar-refractivity contribution in [3.63, 3.8) is 0 Å². The van der Waals surface area contributed by atoms with Crippen LogP contribution in [0.5, 0.6) is 0 Å². The molecule has 1 aliphatic heterocycles. The molecule has 0 amide bonds. The van der Waals surface area contributed by atoms with Gasteiger partial charge in [0.2, 0.25) is 0 Å². The van der Waals surface area contributed by atoms with E-state index in [1.54, 1.807) is 12.4 Å². The Labute approximate surface area is 159 Å². The zero-order valence-electron chi connectivity index (χ0n) is 15.3. The van der Waals surface area contributed by atoms with Gasteiger partial charge in [-0.3, -0.25) is 0 Å². The SMILES string of the molecule is CN1Cc2cc(-c3ncccn3)ccc2C(c2ccc3ccccc3c2)C1. The van der Waals surface area contributed by atoms with Gasteiger partial charge in [-0.15, -0.1) is 0 Å². The molecule has 0 aliphatic carbocycles. The average Bonchev–Trinajstić information content (AvgIpc) is 2.73. The van der Waals surface area contributed by atoms with Gasteiger partial charge in [-0.25, -0.2) is 9.97 Å². The highest BCUT2D eigenvalue weighted by Gasteiger charge is 2.25. The summed E-state index contributed by atoms with van der Waals surface area (Å²) in [5, 5.41) is 2.60. The van der Waals surface area contributed by atoms with Crippen molar-refractivity contribution in [1.29, 1.82) is 0 Å². The predicted molar refractivity (Wildman–Crippen MR) is 110 cm³/mol. The minimum atomic E-state index is 0.383. The molecule has 0 saturated heterocycles. The smallest absolute Gasteiger partial charge is 0.159 e. The van der Waals surface area contributed by atoms with Crippen molar-refractivity contribution in [3.05, 3.63) is 95.8 Å². The molecule has 27 heavy (non-hydrogen) atoms. The fourth-order valence-electron chi connectivity index (χ4n) is 4.14. The molecule has 3 heteroatoms. The highest BCUT2D eigenvalue weighted by atomic mass is 15.1. The molecule has 0 saturated carbocycles. The Balaban J connectivity index is 1.59. The van der Waals surface area contributed by atoms with Crippen LogP contribution in [0.15, 0.2) is 79.1 Å². The summed E-state index contributed by atoms with van der Waals surface area (Å²) in [6.45, 7) is 1.99. The maximum absolute atomic E-state index is 4.40. The van der Waals surface area contributed by atoms with E-state index in [0.29, 0.717) is 5.92 Å². The zero-order valence-corrected chi connectivity index (χ0v) is 15.3. The van der Waals surface area contributed by atoms with Crippen LogP contribution in [0, 0.1) is 0 Å². The van der Waals surface area contributed by atoms with Gasteiger partial charge in [0.25, 0.3) is 0 Å². The van der Waals surface area contributed by atoms with Crippen LogP contribution in [0.1, 0.15) is 22.6 Å². The Morgan fingerprint density at radius 2 is 1.67 bits per heavy atom. The summed E-state index contributed by atoms with van der Waals surface area (Å²) >= 11 is 0. The first-order valence-corrected chi connectivity index (χ1v) is 9.35. The number of aromatic nitrogens is 2. The highest BCUT2D eigenvalue weighted by Crippen LogP contribution is 2.35. The molecular formula is C24H21N3. The summed E-state index contributed by atoms with van der Waals surface area (Å²) in [6.07, 6.45) is 3.59. The molecule has 4 aromatic rings. The van der Waals surface area contributed by atoms with Gasteiger partial charge in [0, 0.05) is 37.0 Å². The predicted octanol–water partition coefficient (Wildman–Crippen LogP) is 4.87. The van der Waals surface area contributed by atoms with Gasteiger partial charge in [-0.2, -0.15) is 0 Å². The van der Waals surface area contributed by atoms with Gasteiger partial charge in [0.1, 0.15) is 0 Å². The summed E-state index contributed by atoms with van der Waals surface area (Å²) in [6, 6.07) is 24.0. The van der Waals surface area contributed by atoms with Gasteiger partial charge in [0.05, 0.1) is 0 Å². The van der Waals surface area contributed by atoms with Gasteiger partial charge in [-0.05, 0) is 46.6 Å². The highest BCUT2D eigenvalue weighted by molar-refractivity contribution is 5.83. The first-order chi connectivity index (χ1) is 13.3. The van der Waals surface area contributed by atoms with E-state index in [0.717, 1.165) is 24.5 Å². The average molecular weight is 351 g/mol. The Kier molecular flexibility index (Phi) is 3.95. The van der Waals surface area contributed by atoms with Gasteiger partial charge < -0.3 is 4.90 Å². The molecule has 3 nitrogen and oxygen atoms in total. The van der Waals surface area contributed by atoms with E-state index in [2.05, 4.69) is 82.6 Å². The van der Waals surface area contributed by atoms with E-state index < -0.39 is 0 Å². The van der Waals surface area contributed by atoms with Crippen molar-refractivity contribution in [1.82, 2.24) is 14.9 Å².